The Morgan fingerprint density at radius 1 is 1.30 bits per heavy atom. The minimum Gasteiger partial charge on any atom is -0.394 e. The van der Waals surface area contributed by atoms with Crippen molar-refractivity contribution in [3.63, 3.8) is 0 Å². The van der Waals surface area contributed by atoms with Crippen molar-refractivity contribution in [1.82, 2.24) is 14.9 Å². The zero-order chi connectivity index (χ0) is 21.5. The lowest BCUT2D eigenvalue weighted by Crippen LogP contribution is -2.35. The van der Waals surface area contributed by atoms with Gasteiger partial charge in [-0.3, -0.25) is 4.79 Å². The standard InChI is InChI=1S/C21H26FN5O3/c1-15(29)26(2)10-11-30-25-18-6-8-27(9-7-18)21-23-12-17(13-24-21)19-5-3-4-16(14-28)20(19)22/h3-5,12-13,28H,6-11,14H2,1-2H3. The van der Waals surface area contributed by atoms with Gasteiger partial charge in [0, 0.05) is 69.0 Å². The van der Waals surface area contributed by atoms with Crippen molar-refractivity contribution in [2.45, 2.75) is 26.4 Å². The summed E-state index contributed by atoms with van der Waals surface area (Å²) in [5.74, 6) is 0.125. The van der Waals surface area contributed by atoms with Crippen LogP contribution in [0.4, 0.5) is 10.3 Å². The number of benzene rings is 1. The Balaban J connectivity index is 1.54. The Kier molecular flexibility index (Phi) is 7.29. The molecule has 30 heavy (non-hydrogen) atoms. The highest BCUT2D eigenvalue weighted by atomic mass is 19.1. The second kappa shape index (κ2) is 10.1. The smallest absolute Gasteiger partial charge is 0.225 e. The topological polar surface area (TPSA) is 91.2 Å². The highest BCUT2D eigenvalue weighted by Gasteiger charge is 2.18. The number of nitrogens with zero attached hydrogens (tertiary/aromatic N) is 5. The number of carbonyl (C=O) groups is 1. The summed E-state index contributed by atoms with van der Waals surface area (Å²) in [6.07, 6.45) is 4.67. The third-order valence-corrected chi connectivity index (χ3v) is 5.07. The number of piperidine rings is 1. The summed E-state index contributed by atoms with van der Waals surface area (Å²) < 4.78 is 14.4. The summed E-state index contributed by atoms with van der Waals surface area (Å²) >= 11 is 0. The van der Waals surface area contributed by atoms with E-state index in [1.165, 1.54) is 6.92 Å². The molecule has 0 spiro atoms. The van der Waals surface area contributed by atoms with Gasteiger partial charge in [0.2, 0.25) is 11.9 Å². The van der Waals surface area contributed by atoms with Gasteiger partial charge in [-0.1, -0.05) is 23.4 Å². The van der Waals surface area contributed by atoms with E-state index in [1.54, 1.807) is 42.5 Å². The number of amides is 1. The highest BCUT2D eigenvalue weighted by molar-refractivity contribution is 5.86. The first kappa shape index (κ1) is 21.6. The minimum atomic E-state index is -0.454. The molecule has 1 aliphatic heterocycles. The molecule has 9 heteroatoms. The van der Waals surface area contributed by atoms with Gasteiger partial charge in [0.05, 0.1) is 18.9 Å². The molecule has 1 amide bonds. The van der Waals surface area contributed by atoms with Crippen LogP contribution < -0.4 is 4.90 Å². The first-order valence-corrected chi connectivity index (χ1v) is 9.84. The van der Waals surface area contributed by atoms with Gasteiger partial charge in [0.1, 0.15) is 12.4 Å². The molecule has 0 atom stereocenters. The number of anilines is 1. The maximum absolute atomic E-state index is 14.4. The Morgan fingerprint density at radius 3 is 2.63 bits per heavy atom. The number of oxime groups is 1. The molecule has 1 aliphatic rings. The molecule has 3 rings (SSSR count). The molecule has 0 radical (unpaired) electrons. The van der Waals surface area contributed by atoms with E-state index in [9.17, 15) is 14.3 Å². The fourth-order valence-electron chi connectivity index (χ4n) is 3.08. The third kappa shape index (κ3) is 5.29. The Labute approximate surface area is 175 Å². The van der Waals surface area contributed by atoms with E-state index < -0.39 is 5.82 Å². The molecule has 1 aromatic carbocycles. The summed E-state index contributed by atoms with van der Waals surface area (Å²) in [4.78, 5) is 28.9. The third-order valence-electron chi connectivity index (χ3n) is 5.07. The lowest BCUT2D eigenvalue weighted by atomic mass is 10.1. The lowest BCUT2D eigenvalue weighted by Gasteiger charge is -2.27. The van der Waals surface area contributed by atoms with Gasteiger partial charge in [0.25, 0.3) is 0 Å². The molecule has 1 fully saturated rings. The van der Waals surface area contributed by atoms with Crippen molar-refractivity contribution in [1.29, 1.82) is 0 Å². The quantitative estimate of drug-likeness (QED) is 0.551. The molecule has 0 saturated carbocycles. The maximum Gasteiger partial charge on any atom is 0.225 e. The van der Waals surface area contributed by atoms with E-state index in [1.807, 2.05) is 4.90 Å². The van der Waals surface area contributed by atoms with Crippen LogP contribution in [0.25, 0.3) is 11.1 Å². The van der Waals surface area contributed by atoms with Gasteiger partial charge in [-0.25, -0.2) is 14.4 Å². The molecule has 8 nitrogen and oxygen atoms in total. The molecule has 0 aliphatic carbocycles. The molecule has 1 aromatic heterocycles. The zero-order valence-electron chi connectivity index (χ0n) is 17.2. The fourth-order valence-corrected chi connectivity index (χ4v) is 3.08. The largest absolute Gasteiger partial charge is 0.394 e. The van der Waals surface area contributed by atoms with E-state index in [0.29, 0.717) is 43.3 Å². The lowest BCUT2D eigenvalue weighted by molar-refractivity contribution is -0.128. The van der Waals surface area contributed by atoms with E-state index >= 15 is 0 Å². The SMILES string of the molecule is CC(=O)N(C)CCON=C1CCN(c2ncc(-c3cccc(CO)c3F)cn2)CC1. The summed E-state index contributed by atoms with van der Waals surface area (Å²) in [6, 6.07) is 4.89. The molecule has 2 aromatic rings. The van der Waals surface area contributed by atoms with Crippen LogP contribution in [0.2, 0.25) is 0 Å². The van der Waals surface area contributed by atoms with Gasteiger partial charge in [-0.2, -0.15) is 0 Å². The fraction of sp³-hybridized carbons (Fsp3) is 0.429. The Hall–Kier alpha value is -3.07. The number of rotatable bonds is 7. The van der Waals surface area contributed by atoms with Gasteiger partial charge >= 0.3 is 0 Å². The molecule has 1 N–H and O–H groups in total. The number of halogens is 1. The number of aliphatic hydroxyl groups is 1. The number of hydrogen-bond acceptors (Lipinski definition) is 7. The van der Waals surface area contributed by atoms with Crippen LogP contribution in [0.15, 0.2) is 35.7 Å². The predicted octanol–water partition coefficient (Wildman–Crippen LogP) is 2.23. The molecular formula is C21H26FN5O3. The van der Waals surface area contributed by atoms with Crippen molar-refractivity contribution in [2.75, 3.05) is 38.2 Å². The second-order valence-electron chi connectivity index (χ2n) is 7.13. The summed E-state index contributed by atoms with van der Waals surface area (Å²) in [6.45, 7) is 3.45. The van der Waals surface area contributed by atoms with Crippen LogP contribution in [0, 0.1) is 5.82 Å². The highest BCUT2D eigenvalue weighted by Crippen LogP contribution is 2.25. The van der Waals surface area contributed by atoms with Crippen molar-refractivity contribution in [3.8, 4) is 11.1 Å². The Morgan fingerprint density at radius 2 is 2.00 bits per heavy atom. The normalized spacial score (nSPS) is 13.9. The maximum atomic E-state index is 14.4. The van der Waals surface area contributed by atoms with Gasteiger partial charge in [0.15, 0.2) is 0 Å². The second-order valence-corrected chi connectivity index (χ2v) is 7.13. The van der Waals surface area contributed by atoms with Crippen molar-refractivity contribution in [3.05, 3.63) is 42.0 Å². The minimum absolute atomic E-state index is 0.00517. The number of hydrogen-bond donors (Lipinski definition) is 1. The first-order valence-electron chi connectivity index (χ1n) is 9.84. The molecular weight excluding hydrogens is 389 g/mol. The predicted molar refractivity (Wildman–Crippen MR) is 111 cm³/mol. The van der Waals surface area contributed by atoms with Crippen molar-refractivity contribution in [2.24, 2.45) is 5.16 Å². The average molecular weight is 415 g/mol. The number of aliphatic hydroxyl groups excluding tert-OH is 1. The van der Waals surface area contributed by atoms with Crippen molar-refractivity contribution >= 4 is 17.6 Å². The van der Waals surface area contributed by atoms with Crippen LogP contribution >= 0.6 is 0 Å². The summed E-state index contributed by atoms with van der Waals surface area (Å²) in [5.41, 5.74) is 2.15. The van der Waals surface area contributed by atoms with E-state index in [4.69, 9.17) is 4.84 Å². The molecule has 0 bridgehead atoms. The molecule has 160 valence electrons. The van der Waals surface area contributed by atoms with Crippen LogP contribution in [-0.2, 0) is 16.2 Å². The van der Waals surface area contributed by atoms with Crippen molar-refractivity contribution < 1.29 is 19.1 Å². The molecule has 1 saturated heterocycles. The molecule has 2 heterocycles. The van der Waals surface area contributed by atoms with Crippen LogP contribution in [0.5, 0.6) is 0 Å². The number of aromatic nitrogens is 2. The molecule has 0 unspecified atom stereocenters. The van der Waals surface area contributed by atoms with Gasteiger partial charge in [-0.15, -0.1) is 0 Å². The monoisotopic (exact) mass is 415 g/mol. The summed E-state index contributed by atoms with van der Waals surface area (Å²) in [5, 5.41) is 13.4. The van der Waals surface area contributed by atoms with Gasteiger partial charge in [-0.05, 0) is 0 Å². The van der Waals surface area contributed by atoms with Crippen LogP contribution in [0.3, 0.4) is 0 Å². The first-order chi connectivity index (χ1) is 14.5. The van der Waals surface area contributed by atoms with Gasteiger partial charge < -0.3 is 19.7 Å². The number of carbonyl (C=O) groups excluding carboxylic acids is 1. The van der Waals surface area contributed by atoms with Crippen LogP contribution in [-0.4, -0.2) is 64.9 Å². The average Bonchev–Trinajstić information content (AvgIpc) is 2.77. The Bertz CT molecular complexity index is 894. The van der Waals surface area contributed by atoms with Crippen LogP contribution in [0.1, 0.15) is 25.3 Å². The zero-order valence-corrected chi connectivity index (χ0v) is 17.2. The van der Waals surface area contributed by atoms with E-state index in [0.717, 1.165) is 18.6 Å². The summed E-state index contributed by atoms with van der Waals surface area (Å²) in [7, 11) is 1.72. The van der Waals surface area contributed by atoms with E-state index in [2.05, 4.69) is 15.1 Å². The number of likely N-dealkylation sites (N-methyl/N-ethyl adjacent to an activating group) is 1. The van der Waals surface area contributed by atoms with E-state index in [-0.39, 0.29) is 18.1 Å².